The Labute approximate surface area is 190 Å². The van der Waals surface area contributed by atoms with Crippen LogP contribution < -0.4 is 5.73 Å². The van der Waals surface area contributed by atoms with E-state index >= 15 is 4.39 Å². The van der Waals surface area contributed by atoms with E-state index in [0.29, 0.717) is 28.6 Å². The van der Waals surface area contributed by atoms with Gasteiger partial charge in [-0.3, -0.25) is 4.79 Å². The van der Waals surface area contributed by atoms with E-state index in [1.54, 1.807) is 0 Å². The number of hydrogen-bond acceptors (Lipinski definition) is 5. The summed E-state index contributed by atoms with van der Waals surface area (Å²) in [6, 6.07) is 4.03. The number of carbonyl (C=O) groups excluding carboxylic acids is 1. The first-order valence-electron chi connectivity index (χ1n) is 10.4. The van der Waals surface area contributed by atoms with Gasteiger partial charge < -0.3 is 20.1 Å². The number of ether oxygens (including phenoxy) is 2. The highest BCUT2D eigenvalue weighted by Gasteiger charge is 2.37. The molecule has 1 amide bonds. The van der Waals surface area contributed by atoms with Crippen LogP contribution in [-0.4, -0.2) is 35.5 Å². The molecule has 2 N–H and O–H groups in total. The van der Waals surface area contributed by atoms with Crippen molar-refractivity contribution in [1.29, 1.82) is 0 Å². The van der Waals surface area contributed by atoms with Crippen LogP contribution in [-0.2, 0) is 28.9 Å². The molecule has 1 atom stereocenters. The van der Waals surface area contributed by atoms with E-state index in [2.05, 4.69) is 4.98 Å². The highest BCUT2D eigenvalue weighted by atomic mass is 19.4. The van der Waals surface area contributed by atoms with Crippen molar-refractivity contribution in [3.8, 4) is 0 Å². The third kappa shape index (κ3) is 3.74. The summed E-state index contributed by atoms with van der Waals surface area (Å²) in [6.45, 7) is 0.494. The topological polar surface area (TPSA) is 77.7 Å². The Morgan fingerprint density at radius 1 is 1.06 bits per heavy atom. The number of carbonyl (C=O) groups is 1. The monoisotopic (exact) mass is 479 g/mol. The predicted molar refractivity (Wildman–Crippen MR) is 111 cm³/mol. The largest absolute Gasteiger partial charge is 0.419 e. The molecule has 0 bridgehead atoms. The van der Waals surface area contributed by atoms with Crippen LogP contribution in [0.3, 0.4) is 0 Å². The number of rotatable bonds is 2. The molecule has 3 heterocycles. The van der Waals surface area contributed by atoms with E-state index in [0.717, 1.165) is 12.1 Å². The van der Waals surface area contributed by atoms with Gasteiger partial charge in [0.25, 0.3) is 5.91 Å². The van der Waals surface area contributed by atoms with Gasteiger partial charge in [-0.15, -0.1) is 0 Å². The summed E-state index contributed by atoms with van der Waals surface area (Å²) in [5.41, 5.74) is 5.90. The number of benzene rings is 2. The second kappa shape index (κ2) is 8.17. The summed E-state index contributed by atoms with van der Waals surface area (Å²) in [5, 5.41) is 0.511. The molecular formula is C23H18F5N3O3. The standard InChI is InChI=1S/C23H18F5N3O3/c24-17-2-1-11(5-16(17)23(26,27)28)20-10-33-4-3-31(20)22(32)13-6-12-14-8-34-9-15(14)21(29)30-19(12)7-18(13)25/h1-2,5-7,20H,3-4,8-10H2,(H2,29,30)/t20-/m0/s1. The number of pyridine rings is 1. The Morgan fingerprint density at radius 3 is 2.59 bits per heavy atom. The van der Waals surface area contributed by atoms with Gasteiger partial charge in [-0.1, -0.05) is 6.07 Å². The summed E-state index contributed by atoms with van der Waals surface area (Å²) in [4.78, 5) is 18.9. The first kappa shape index (κ1) is 22.5. The van der Waals surface area contributed by atoms with Gasteiger partial charge in [-0.25, -0.2) is 13.8 Å². The van der Waals surface area contributed by atoms with Gasteiger partial charge in [-0.05, 0) is 29.3 Å². The first-order valence-corrected chi connectivity index (χ1v) is 10.4. The Kier molecular flexibility index (Phi) is 5.40. The van der Waals surface area contributed by atoms with Gasteiger partial charge in [0.15, 0.2) is 0 Å². The number of nitrogens with zero attached hydrogens (tertiary/aromatic N) is 2. The van der Waals surface area contributed by atoms with E-state index in [1.165, 1.54) is 11.0 Å². The van der Waals surface area contributed by atoms with Crippen molar-refractivity contribution < 1.29 is 36.2 Å². The molecule has 2 aliphatic rings. The zero-order valence-electron chi connectivity index (χ0n) is 17.6. The lowest BCUT2D eigenvalue weighted by molar-refractivity contribution is -0.140. The van der Waals surface area contributed by atoms with Crippen molar-refractivity contribution in [3.05, 3.63) is 69.8 Å². The Bertz CT molecular complexity index is 1310. The first-order chi connectivity index (χ1) is 16.1. The molecule has 0 saturated carbocycles. The van der Waals surface area contributed by atoms with Crippen LogP contribution in [0.25, 0.3) is 10.9 Å². The normalized spacial score (nSPS) is 18.4. The molecular weight excluding hydrogens is 461 g/mol. The van der Waals surface area contributed by atoms with Crippen molar-refractivity contribution in [3.63, 3.8) is 0 Å². The van der Waals surface area contributed by atoms with Crippen LogP contribution in [0.15, 0.2) is 30.3 Å². The van der Waals surface area contributed by atoms with Gasteiger partial charge >= 0.3 is 6.18 Å². The van der Waals surface area contributed by atoms with E-state index in [9.17, 15) is 22.4 Å². The van der Waals surface area contributed by atoms with E-state index in [4.69, 9.17) is 15.2 Å². The average Bonchev–Trinajstić information content (AvgIpc) is 3.29. The number of amides is 1. The molecule has 2 aliphatic heterocycles. The molecule has 11 heteroatoms. The number of nitrogen functional groups attached to an aromatic ring is 1. The summed E-state index contributed by atoms with van der Waals surface area (Å²) in [6.07, 6.45) is -4.91. The maximum atomic E-state index is 15.0. The van der Waals surface area contributed by atoms with E-state index in [1.807, 2.05) is 0 Å². The number of anilines is 1. The van der Waals surface area contributed by atoms with Crippen LogP contribution in [0, 0.1) is 11.6 Å². The van der Waals surface area contributed by atoms with Crippen molar-refractivity contribution in [1.82, 2.24) is 9.88 Å². The van der Waals surface area contributed by atoms with Crippen molar-refractivity contribution in [2.75, 3.05) is 25.5 Å². The Morgan fingerprint density at radius 2 is 1.82 bits per heavy atom. The second-order valence-electron chi connectivity index (χ2n) is 8.12. The number of halogens is 5. The molecule has 2 aromatic carbocycles. The van der Waals surface area contributed by atoms with Crippen molar-refractivity contribution >= 4 is 22.6 Å². The Balaban J connectivity index is 1.56. The highest BCUT2D eigenvalue weighted by Crippen LogP contribution is 2.36. The van der Waals surface area contributed by atoms with Crippen LogP contribution in [0.1, 0.15) is 38.7 Å². The molecule has 1 aromatic heterocycles. The fourth-order valence-electron chi connectivity index (χ4n) is 4.40. The average molecular weight is 479 g/mol. The third-order valence-electron chi connectivity index (χ3n) is 6.12. The second-order valence-corrected chi connectivity index (χ2v) is 8.12. The molecule has 0 spiro atoms. The van der Waals surface area contributed by atoms with Gasteiger partial charge in [-0.2, -0.15) is 13.2 Å². The number of morpholine rings is 1. The zero-order chi connectivity index (χ0) is 24.2. The van der Waals surface area contributed by atoms with Crippen LogP contribution in [0.2, 0.25) is 0 Å². The van der Waals surface area contributed by atoms with Gasteiger partial charge in [0, 0.05) is 23.6 Å². The van der Waals surface area contributed by atoms with Crippen molar-refractivity contribution in [2.45, 2.75) is 25.4 Å². The minimum atomic E-state index is -4.91. The molecule has 3 aromatic rings. The molecule has 6 nitrogen and oxygen atoms in total. The molecule has 1 fully saturated rings. The van der Waals surface area contributed by atoms with E-state index < -0.39 is 35.3 Å². The predicted octanol–water partition coefficient (Wildman–Crippen LogP) is 4.36. The maximum Gasteiger partial charge on any atom is 0.419 e. The molecule has 1 saturated heterocycles. The van der Waals surface area contributed by atoms with Crippen LogP contribution in [0.5, 0.6) is 0 Å². The lowest BCUT2D eigenvalue weighted by Crippen LogP contribution is -2.43. The number of fused-ring (bicyclic) bond motifs is 3. The Hall–Kier alpha value is -3.31. The lowest BCUT2D eigenvalue weighted by Gasteiger charge is -2.36. The maximum absolute atomic E-state index is 15.0. The quantitative estimate of drug-likeness (QED) is 0.553. The molecule has 178 valence electrons. The molecule has 34 heavy (non-hydrogen) atoms. The number of alkyl halides is 3. The fraction of sp³-hybridized carbons (Fsp3) is 0.304. The van der Waals surface area contributed by atoms with Crippen LogP contribution in [0.4, 0.5) is 27.8 Å². The molecule has 0 unspecified atom stereocenters. The minimum Gasteiger partial charge on any atom is -0.383 e. The van der Waals surface area contributed by atoms with Crippen LogP contribution >= 0.6 is 0 Å². The molecule has 5 rings (SSSR count). The minimum absolute atomic E-state index is 0.0148. The van der Waals surface area contributed by atoms with Gasteiger partial charge in [0.1, 0.15) is 17.5 Å². The fourth-order valence-corrected chi connectivity index (χ4v) is 4.40. The lowest BCUT2D eigenvalue weighted by atomic mass is 9.99. The molecule has 0 aliphatic carbocycles. The number of aromatic nitrogens is 1. The highest BCUT2D eigenvalue weighted by molar-refractivity contribution is 6.00. The summed E-state index contributed by atoms with van der Waals surface area (Å²) in [7, 11) is 0. The number of hydrogen-bond donors (Lipinski definition) is 1. The van der Waals surface area contributed by atoms with Gasteiger partial charge in [0.05, 0.1) is 49.1 Å². The van der Waals surface area contributed by atoms with Gasteiger partial charge in [0.2, 0.25) is 0 Å². The van der Waals surface area contributed by atoms with E-state index in [-0.39, 0.29) is 55.4 Å². The smallest absolute Gasteiger partial charge is 0.383 e. The summed E-state index contributed by atoms with van der Waals surface area (Å²) >= 11 is 0. The summed E-state index contributed by atoms with van der Waals surface area (Å²) < 4.78 is 79.3. The zero-order valence-corrected chi connectivity index (χ0v) is 17.6. The summed E-state index contributed by atoms with van der Waals surface area (Å²) in [5.74, 6) is -2.77. The SMILES string of the molecule is Nc1nc2cc(F)c(C(=O)N3CCOC[C@H]3c3ccc(F)c(C(F)(F)F)c3)cc2c2c1COC2. The molecule has 0 radical (unpaired) electrons. The number of nitrogens with two attached hydrogens (primary N) is 1. The third-order valence-corrected chi connectivity index (χ3v) is 6.12. The van der Waals surface area contributed by atoms with Crippen molar-refractivity contribution in [2.24, 2.45) is 0 Å².